The van der Waals surface area contributed by atoms with Gasteiger partial charge in [0.05, 0.1) is 5.69 Å². The van der Waals surface area contributed by atoms with Gasteiger partial charge >= 0.3 is 0 Å². The highest BCUT2D eigenvalue weighted by atomic mass is 16.5. The molecular weight excluding hydrogens is 318 g/mol. The van der Waals surface area contributed by atoms with Crippen molar-refractivity contribution in [1.29, 1.82) is 5.41 Å². The zero-order valence-corrected chi connectivity index (χ0v) is 13.2. The van der Waals surface area contributed by atoms with Crippen molar-refractivity contribution < 1.29 is 9.63 Å². The Morgan fingerprint density at radius 1 is 1.16 bits per heavy atom. The van der Waals surface area contributed by atoms with Gasteiger partial charge in [-0.3, -0.25) is 0 Å². The van der Waals surface area contributed by atoms with E-state index in [1.54, 1.807) is 18.2 Å². The molecule has 0 amide bonds. The van der Waals surface area contributed by atoms with E-state index in [2.05, 4.69) is 20.4 Å². The smallest absolute Gasteiger partial charge is 0.258 e. The lowest BCUT2D eigenvalue weighted by atomic mass is 10.1. The molecule has 0 saturated heterocycles. The third-order valence-corrected chi connectivity index (χ3v) is 3.88. The lowest BCUT2D eigenvalue weighted by molar-refractivity contribution is 0.431. The van der Waals surface area contributed by atoms with Crippen LogP contribution in [0, 0.1) is 5.41 Å². The van der Waals surface area contributed by atoms with Crippen LogP contribution in [0.4, 0.5) is 5.69 Å². The summed E-state index contributed by atoms with van der Waals surface area (Å²) in [6, 6.07) is 12.9. The maximum atomic E-state index is 10.1. The molecule has 7 heteroatoms. The Kier molecular flexibility index (Phi) is 3.66. The molecule has 2 aromatic carbocycles. The predicted octanol–water partition coefficient (Wildman–Crippen LogP) is 3.65. The molecule has 4 rings (SSSR count). The Bertz CT molecular complexity index is 1050. The van der Waals surface area contributed by atoms with Gasteiger partial charge < -0.3 is 25.3 Å². The summed E-state index contributed by atoms with van der Waals surface area (Å²) < 4.78 is 5.34. The Morgan fingerprint density at radius 2 is 2.04 bits per heavy atom. The van der Waals surface area contributed by atoms with Gasteiger partial charge in [-0.15, -0.1) is 0 Å². The van der Waals surface area contributed by atoms with E-state index < -0.39 is 0 Å². The summed E-state index contributed by atoms with van der Waals surface area (Å²) in [5.74, 6) is 0.884. The van der Waals surface area contributed by atoms with Crippen molar-refractivity contribution in [3.8, 4) is 28.6 Å². The molecule has 0 aliphatic carbocycles. The van der Waals surface area contributed by atoms with Gasteiger partial charge in [-0.1, -0.05) is 5.16 Å². The zero-order chi connectivity index (χ0) is 17.2. The summed E-state index contributed by atoms with van der Waals surface area (Å²) in [7, 11) is 0. The Morgan fingerprint density at radius 3 is 2.88 bits per heavy atom. The van der Waals surface area contributed by atoms with Gasteiger partial charge in [-0.2, -0.15) is 4.98 Å². The Hall–Kier alpha value is -3.61. The van der Waals surface area contributed by atoms with Crippen LogP contribution in [0.3, 0.4) is 0 Å². The minimum absolute atomic E-state index is 0.0628. The van der Waals surface area contributed by atoms with Crippen LogP contribution >= 0.6 is 0 Å². The van der Waals surface area contributed by atoms with E-state index in [0.717, 1.165) is 16.5 Å². The van der Waals surface area contributed by atoms with Gasteiger partial charge in [0.15, 0.2) is 0 Å². The first-order valence-electron chi connectivity index (χ1n) is 7.72. The van der Waals surface area contributed by atoms with Crippen molar-refractivity contribution in [3.63, 3.8) is 0 Å². The predicted molar refractivity (Wildman–Crippen MR) is 96.0 cm³/mol. The van der Waals surface area contributed by atoms with Crippen molar-refractivity contribution in [3.05, 3.63) is 48.7 Å². The lowest BCUT2D eigenvalue weighted by Gasteiger charge is -2.06. The second-order valence-electron chi connectivity index (χ2n) is 5.52. The van der Waals surface area contributed by atoms with E-state index in [1.807, 2.05) is 30.5 Å². The Labute approximate surface area is 142 Å². The first-order chi connectivity index (χ1) is 12.2. The molecule has 2 aromatic heterocycles. The third kappa shape index (κ3) is 2.83. The number of rotatable bonds is 5. The SMILES string of the molecule is N=CCNc1ccc(-c2nc(-c3ccc4[nH]ccc4c3)no2)cc1O. The number of hydrogen-bond acceptors (Lipinski definition) is 6. The summed E-state index contributed by atoms with van der Waals surface area (Å²) in [6.07, 6.45) is 3.10. The molecule has 0 bridgehead atoms. The molecule has 124 valence electrons. The molecule has 4 N–H and O–H groups in total. The van der Waals surface area contributed by atoms with Crippen LogP contribution in [0.5, 0.6) is 5.75 Å². The van der Waals surface area contributed by atoms with Crippen LogP contribution in [0.1, 0.15) is 0 Å². The zero-order valence-electron chi connectivity index (χ0n) is 13.2. The quantitative estimate of drug-likeness (QED) is 0.329. The van der Waals surface area contributed by atoms with E-state index in [9.17, 15) is 5.11 Å². The van der Waals surface area contributed by atoms with Crippen LogP contribution in [0.25, 0.3) is 33.7 Å². The first kappa shape index (κ1) is 14.9. The Balaban J connectivity index is 1.64. The van der Waals surface area contributed by atoms with Crippen molar-refractivity contribution >= 4 is 22.8 Å². The van der Waals surface area contributed by atoms with Gasteiger partial charge in [-0.05, 0) is 42.5 Å². The average molecular weight is 333 g/mol. The molecular formula is C18H15N5O2. The summed E-state index contributed by atoms with van der Waals surface area (Å²) in [6.45, 7) is 0.346. The van der Waals surface area contributed by atoms with Gasteiger partial charge in [0.2, 0.25) is 5.82 Å². The van der Waals surface area contributed by atoms with Crippen molar-refractivity contribution in [2.45, 2.75) is 0 Å². The number of aromatic amines is 1. The molecule has 0 atom stereocenters. The molecule has 0 radical (unpaired) electrons. The summed E-state index contributed by atoms with van der Waals surface area (Å²) in [4.78, 5) is 7.56. The van der Waals surface area contributed by atoms with Crippen LogP contribution in [0.2, 0.25) is 0 Å². The number of anilines is 1. The largest absolute Gasteiger partial charge is 0.506 e. The van der Waals surface area contributed by atoms with Crippen LogP contribution in [-0.2, 0) is 0 Å². The second kappa shape index (κ2) is 6.12. The van der Waals surface area contributed by atoms with E-state index in [4.69, 9.17) is 9.93 Å². The van der Waals surface area contributed by atoms with Crippen molar-refractivity contribution in [1.82, 2.24) is 15.1 Å². The summed E-state index contributed by atoms with van der Waals surface area (Å²) >= 11 is 0. The van der Waals surface area contributed by atoms with E-state index in [-0.39, 0.29) is 5.75 Å². The third-order valence-electron chi connectivity index (χ3n) is 3.88. The van der Waals surface area contributed by atoms with Crippen molar-refractivity contribution in [2.75, 3.05) is 11.9 Å². The molecule has 0 spiro atoms. The van der Waals surface area contributed by atoms with Crippen LogP contribution in [-0.4, -0.2) is 33.0 Å². The highest BCUT2D eigenvalue weighted by Crippen LogP contribution is 2.30. The van der Waals surface area contributed by atoms with Gasteiger partial charge in [-0.25, -0.2) is 0 Å². The number of phenols is 1. The molecule has 7 nitrogen and oxygen atoms in total. The minimum atomic E-state index is 0.0628. The van der Waals surface area contributed by atoms with Crippen molar-refractivity contribution in [2.24, 2.45) is 0 Å². The minimum Gasteiger partial charge on any atom is -0.506 e. The highest BCUT2D eigenvalue weighted by Gasteiger charge is 2.13. The molecule has 0 aliphatic heterocycles. The molecule has 4 aromatic rings. The maximum Gasteiger partial charge on any atom is 0.258 e. The fraction of sp³-hybridized carbons (Fsp3) is 0.0556. The number of nitrogens with zero attached hydrogens (tertiary/aromatic N) is 2. The van der Waals surface area contributed by atoms with Crippen LogP contribution in [0.15, 0.2) is 53.2 Å². The van der Waals surface area contributed by atoms with Crippen LogP contribution < -0.4 is 5.32 Å². The molecule has 0 aliphatic rings. The molecule has 0 fully saturated rings. The molecule has 0 unspecified atom stereocenters. The summed E-state index contributed by atoms with van der Waals surface area (Å²) in [5.41, 5.74) is 3.07. The van der Waals surface area contributed by atoms with Gasteiger partial charge in [0.1, 0.15) is 5.75 Å². The maximum absolute atomic E-state index is 10.1. The number of benzene rings is 2. The number of hydrogen-bond donors (Lipinski definition) is 4. The topological polar surface area (TPSA) is 111 Å². The number of phenolic OH excluding ortho intramolecular Hbond substituents is 1. The normalized spacial score (nSPS) is 10.9. The molecule has 2 heterocycles. The first-order valence-corrected chi connectivity index (χ1v) is 7.72. The van der Waals surface area contributed by atoms with E-state index in [1.165, 1.54) is 6.21 Å². The number of aromatic nitrogens is 3. The molecule has 25 heavy (non-hydrogen) atoms. The number of fused-ring (bicyclic) bond motifs is 1. The number of aromatic hydroxyl groups is 1. The van der Waals surface area contributed by atoms with E-state index in [0.29, 0.717) is 29.5 Å². The average Bonchev–Trinajstić information content (AvgIpc) is 3.29. The van der Waals surface area contributed by atoms with Gasteiger partial charge in [0, 0.05) is 41.0 Å². The summed E-state index contributed by atoms with van der Waals surface area (Å²) in [5, 5.41) is 25.1. The lowest BCUT2D eigenvalue weighted by Crippen LogP contribution is -2.01. The van der Waals surface area contributed by atoms with E-state index >= 15 is 0 Å². The van der Waals surface area contributed by atoms with Gasteiger partial charge in [0.25, 0.3) is 5.89 Å². The fourth-order valence-corrected chi connectivity index (χ4v) is 2.63. The molecule has 0 saturated carbocycles. The highest BCUT2D eigenvalue weighted by molar-refractivity contribution is 5.84. The standard InChI is InChI=1S/C18H15N5O2/c19-6-8-21-15-4-2-13(10-16(15)24)18-22-17(23-25-18)12-1-3-14-11(9-12)5-7-20-14/h1-7,9-10,19-21,24H,8H2. The monoisotopic (exact) mass is 333 g/mol. The number of nitrogens with one attached hydrogen (secondary N) is 3. The number of H-pyrrole nitrogens is 1. The second-order valence-corrected chi connectivity index (χ2v) is 5.52. The fourth-order valence-electron chi connectivity index (χ4n) is 2.63.